The first-order valence-corrected chi connectivity index (χ1v) is 6.68. The average Bonchev–Trinajstić information content (AvgIpc) is 2.44. The van der Waals surface area contributed by atoms with Crippen molar-refractivity contribution in [1.82, 2.24) is 0 Å². The van der Waals surface area contributed by atoms with E-state index in [2.05, 4.69) is 0 Å². The molecule has 1 heterocycles. The molecule has 5 atom stereocenters. The van der Waals surface area contributed by atoms with Crippen LogP contribution in [0.1, 0.15) is 11.1 Å². The molecule has 1 aliphatic heterocycles. The minimum absolute atomic E-state index is 0.306. The molecule has 2 rings (SSSR count). The minimum Gasteiger partial charge on any atom is -0.479 e. The van der Waals surface area contributed by atoms with Gasteiger partial charge in [-0.1, -0.05) is 0 Å². The van der Waals surface area contributed by atoms with E-state index in [1.54, 1.807) is 26.0 Å². The molecule has 0 saturated carbocycles. The Hall–Kier alpha value is -1.87. The van der Waals surface area contributed by atoms with Gasteiger partial charge in [0, 0.05) is 5.69 Å². The number of aliphatic carboxylic acids is 1. The number of aryl methyl sites for hydroxylation is 2. The van der Waals surface area contributed by atoms with E-state index in [-0.39, 0.29) is 0 Å². The fraction of sp³-hybridized carbons (Fsp3) is 0.500. The van der Waals surface area contributed by atoms with E-state index in [1.165, 1.54) is 0 Å². The summed E-state index contributed by atoms with van der Waals surface area (Å²) in [5, 5.41) is 38.2. The highest BCUT2D eigenvalue weighted by molar-refractivity contribution is 5.73. The van der Waals surface area contributed by atoms with Crippen LogP contribution in [-0.4, -0.2) is 57.1 Å². The maximum absolute atomic E-state index is 11.0. The van der Waals surface area contributed by atoms with Crippen molar-refractivity contribution in [3.05, 3.63) is 23.3 Å². The summed E-state index contributed by atoms with van der Waals surface area (Å²) in [6.07, 6.45) is -8.16. The van der Waals surface area contributed by atoms with Crippen LogP contribution in [0.15, 0.2) is 12.1 Å². The molecular weight excluding hydrogens is 294 g/mol. The summed E-state index contributed by atoms with van der Waals surface area (Å²) in [6, 6.07) is 3.21. The standard InChI is InChI=1S/C14H19NO7/c1-5-3-7(4-6(2)8(5)15)21-14-11(18)9(16)10(17)12(22-14)13(19)20/h3-4,9-12,14,16-18H,15H2,1-2H3,(H,19,20)/t9-,10-,11+,12-,14?/m0/s1. The minimum atomic E-state index is -1.75. The van der Waals surface area contributed by atoms with Gasteiger partial charge < -0.3 is 35.6 Å². The number of carbonyl (C=O) groups is 1. The molecule has 0 radical (unpaired) electrons. The zero-order valence-electron chi connectivity index (χ0n) is 12.1. The highest BCUT2D eigenvalue weighted by Crippen LogP contribution is 2.28. The lowest BCUT2D eigenvalue weighted by atomic mass is 9.99. The molecule has 22 heavy (non-hydrogen) atoms. The van der Waals surface area contributed by atoms with Crippen LogP contribution in [0.3, 0.4) is 0 Å². The van der Waals surface area contributed by atoms with E-state index >= 15 is 0 Å². The highest BCUT2D eigenvalue weighted by Gasteiger charge is 2.48. The van der Waals surface area contributed by atoms with Crippen LogP contribution in [0.2, 0.25) is 0 Å². The van der Waals surface area contributed by atoms with Crippen molar-refractivity contribution in [2.75, 3.05) is 5.73 Å². The van der Waals surface area contributed by atoms with E-state index < -0.39 is 36.7 Å². The number of aliphatic hydroxyl groups is 3. The van der Waals surface area contributed by atoms with Gasteiger partial charge >= 0.3 is 5.97 Å². The van der Waals surface area contributed by atoms with Crippen molar-refractivity contribution in [3.63, 3.8) is 0 Å². The summed E-state index contributed by atoms with van der Waals surface area (Å²) in [5.41, 5.74) is 7.91. The number of ether oxygens (including phenoxy) is 2. The van der Waals surface area contributed by atoms with Crippen LogP contribution in [0.25, 0.3) is 0 Å². The Morgan fingerprint density at radius 2 is 1.68 bits per heavy atom. The second kappa shape index (κ2) is 6.09. The number of carboxylic acid groups (broad SMARTS) is 1. The monoisotopic (exact) mass is 313 g/mol. The third-order valence-electron chi connectivity index (χ3n) is 3.63. The largest absolute Gasteiger partial charge is 0.479 e. The second-order valence-electron chi connectivity index (χ2n) is 5.32. The Kier molecular flexibility index (Phi) is 4.57. The molecule has 1 aliphatic rings. The quantitative estimate of drug-likeness (QED) is 0.454. The molecule has 0 bridgehead atoms. The first-order chi connectivity index (χ1) is 10.2. The van der Waals surface area contributed by atoms with Gasteiger partial charge in [-0.25, -0.2) is 4.79 Å². The topological polar surface area (TPSA) is 142 Å². The van der Waals surface area contributed by atoms with Crippen molar-refractivity contribution >= 4 is 11.7 Å². The molecule has 1 saturated heterocycles. The van der Waals surface area contributed by atoms with Gasteiger partial charge in [0.2, 0.25) is 6.29 Å². The van der Waals surface area contributed by atoms with Crippen molar-refractivity contribution in [3.8, 4) is 5.75 Å². The number of nitrogens with two attached hydrogens (primary N) is 1. The van der Waals surface area contributed by atoms with Gasteiger partial charge in [-0.15, -0.1) is 0 Å². The molecule has 0 amide bonds. The van der Waals surface area contributed by atoms with Gasteiger partial charge in [-0.05, 0) is 37.1 Å². The summed E-state index contributed by atoms with van der Waals surface area (Å²) >= 11 is 0. The van der Waals surface area contributed by atoms with Gasteiger partial charge in [0.15, 0.2) is 6.10 Å². The fourth-order valence-corrected chi connectivity index (χ4v) is 2.29. The zero-order chi connectivity index (χ0) is 16.6. The first kappa shape index (κ1) is 16.5. The van der Waals surface area contributed by atoms with Crippen LogP contribution in [0, 0.1) is 13.8 Å². The fourth-order valence-electron chi connectivity index (χ4n) is 2.29. The van der Waals surface area contributed by atoms with Crippen LogP contribution >= 0.6 is 0 Å². The number of hydrogen-bond donors (Lipinski definition) is 5. The third-order valence-corrected chi connectivity index (χ3v) is 3.63. The molecular formula is C14H19NO7. The predicted octanol–water partition coefficient (Wildman–Crippen LogP) is -0.843. The molecule has 122 valence electrons. The first-order valence-electron chi connectivity index (χ1n) is 6.68. The van der Waals surface area contributed by atoms with Crippen LogP contribution in [-0.2, 0) is 9.53 Å². The number of carboxylic acids is 1. The maximum atomic E-state index is 11.0. The summed E-state index contributed by atoms with van der Waals surface area (Å²) in [6.45, 7) is 3.54. The number of nitrogen functional groups attached to an aromatic ring is 1. The van der Waals surface area contributed by atoms with E-state index in [0.717, 1.165) is 11.1 Å². The van der Waals surface area contributed by atoms with E-state index in [0.29, 0.717) is 11.4 Å². The molecule has 1 aromatic rings. The van der Waals surface area contributed by atoms with Gasteiger partial charge in [0.25, 0.3) is 0 Å². The Morgan fingerprint density at radius 1 is 1.14 bits per heavy atom. The van der Waals surface area contributed by atoms with Gasteiger partial charge in [-0.2, -0.15) is 0 Å². The molecule has 1 fully saturated rings. The molecule has 0 spiro atoms. The highest BCUT2D eigenvalue weighted by atomic mass is 16.7. The van der Waals surface area contributed by atoms with Gasteiger partial charge in [-0.3, -0.25) is 0 Å². The summed E-state index contributed by atoms with van der Waals surface area (Å²) < 4.78 is 10.5. The Labute approximate surface area is 126 Å². The van der Waals surface area contributed by atoms with Gasteiger partial charge in [0.05, 0.1) is 0 Å². The van der Waals surface area contributed by atoms with Crippen molar-refractivity contribution in [2.24, 2.45) is 0 Å². The zero-order valence-corrected chi connectivity index (χ0v) is 12.1. The molecule has 1 aromatic carbocycles. The number of anilines is 1. The van der Waals surface area contributed by atoms with Gasteiger partial charge in [0.1, 0.15) is 24.1 Å². The van der Waals surface area contributed by atoms with Crippen LogP contribution in [0.4, 0.5) is 5.69 Å². The third kappa shape index (κ3) is 3.00. The lowest BCUT2D eigenvalue weighted by Crippen LogP contribution is -2.61. The molecule has 8 heteroatoms. The molecule has 0 aliphatic carbocycles. The SMILES string of the molecule is Cc1cc(OC2O[C@H](C(=O)O)[C@@H](O)[C@H](O)[C@H]2O)cc(C)c1N. The van der Waals surface area contributed by atoms with Crippen LogP contribution < -0.4 is 10.5 Å². The number of benzene rings is 1. The van der Waals surface area contributed by atoms with Crippen LogP contribution in [0.5, 0.6) is 5.75 Å². The van der Waals surface area contributed by atoms with Crippen molar-refractivity contribution in [2.45, 2.75) is 44.6 Å². The molecule has 0 aromatic heterocycles. The predicted molar refractivity (Wildman–Crippen MR) is 75.3 cm³/mol. The maximum Gasteiger partial charge on any atom is 0.335 e. The summed E-state index contributed by atoms with van der Waals surface area (Å²) in [4.78, 5) is 11.0. The number of aliphatic hydroxyl groups excluding tert-OH is 3. The summed E-state index contributed by atoms with van der Waals surface area (Å²) in [5.74, 6) is -1.15. The molecule has 8 nitrogen and oxygen atoms in total. The summed E-state index contributed by atoms with van der Waals surface area (Å²) in [7, 11) is 0. The Bertz CT molecular complexity index is 553. The molecule has 1 unspecified atom stereocenters. The second-order valence-corrected chi connectivity index (χ2v) is 5.32. The number of rotatable bonds is 3. The lowest BCUT2D eigenvalue weighted by molar-refractivity contribution is -0.271. The molecule has 6 N–H and O–H groups in total. The number of hydrogen-bond acceptors (Lipinski definition) is 7. The van der Waals surface area contributed by atoms with E-state index in [9.17, 15) is 20.1 Å². The lowest BCUT2D eigenvalue weighted by Gasteiger charge is -2.38. The van der Waals surface area contributed by atoms with Crippen molar-refractivity contribution < 1.29 is 34.7 Å². The normalized spacial score (nSPS) is 31.8. The Morgan fingerprint density at radius 3 is 2.18 bits per heavy atom. The smallest absolute Gasteiger partial charge is 0.335 e. The van der Waals surface area contributed by atoms with E-state index in [1.807, 2.05) is 0 Å². The Balaban J connectivity index is 2.22. The van der Waals surface area contributed by atoms with Crippen molar-refractivity contribution in [1.29, 1.82) is 0 Å². The average molecular weight is 313 g/mol. The van der Waals surface area contributed by atoms with E-state index in [4.69, 9.17) is 20.3 Å².